The van der Waals surface area contributed by atoms with E-state index in [1.54, 1.807) is 0 Å². The lowest BCUT2D eigenvalue weighted by Gasteiger charge is -2.11. The molecule has 0 heterocycles. The van der Waals surface area contributed by atoms with Gasteiger partial charge in [0.25, 0.3) is 0 Å². The number of hydrogen-bond donors (Lipinski definition) is 1. The molecule has 1 aliphatic carbocycles. The fourth-order valence-corrected chi connectivity index (χ4v) is 3.25. The summed E-state index contributed by atoms with van der Waals surface area (Å²) < 4.78 is 65.6. The number of nitrogens with one attached hydrogen (secondary N) is 1. The summed E-state index contributed by atoms with van der Waals surface area (Å²) in [6.45, 7) is 0. The quantitative estimate of drug-likeness (QED) is 0.900. The number of ether oxygens (including phenoxy) is 1. The summed E-state index contributed by atoms with van der Waals surface area (Å²) in [7, 11) is -3.73. The van der Waals surface area contributed by atoms with Gasteiger partial charge in [0.1, 0.15) is 11.3 Å². The normalized spacial score (nSPS) is 17.0. The minimum Gasteiger partial charge on any atom is -0.406 e. The van der Waals surface area contributed by atoms with E-state index < -0.39 is 33.4 Å². The Hall–Kier alpha value is -1.79. The van der Waals surface area contributed by atoms with Gasteiger partial charge in [-0.1, -0.05) is 12.1 Å². The molecule has 0 atom stereocenters. The number of sulfonamides is 1. The molecule has 0 bridgehead atoms. The maximum atomic E-state index is 12.0. The lowest BCUT2D eigenvalue weighted by Crippen LogP contribution is -2.36. The average Bonchev–Trinajstić information content (AvgIpc) is 3.09. The van der Waals surface area contributed by atoms with Crippen LogP contribution >= 0.6 is 0 Å². The Morgan fingerprint density at radius 2 is 1.86 bits per heavy atom. The summed E-state index contributed by atoms with van der Waals surface area (Å²) in [5, 5.41) is 8.83. The molecule has 1 aromatic carbocycles. The van der Waals surface area contributed by atoms with E-state index in [0.29, 0.717) is 18.4 Å². The second kappa shape index (κ2) is 5.20. The molecule has 0 aliphatic heterocycles. The Bertz CT molecular complexity index is 658. The SMILES string of the molecule is N#CC1(NS(=O)(=O)Cc2ccc(OC(F)(F)F)cc2)CC1. The Balaban J connectivity index is 2.02. The summed E-state index contributed by atoms with van der Waals surface area (Å²) >= 11 is 0. The van der Waals surface area contributed by atoms with E-state index in [0.717, 1.165) is 12.1 Å². The van der Waals surface area contributed by atoms with Gasteiger partial charge in [-0.2, -0.15) is 9.98 Å². The molecule has 1 N–H and O–H groups in total. The van der Waals surface area contributed by atoms with Crippen LogP contribution in [0.4, 0.5) is 13.2 Å². The molecule has 0 aromatic heterocycles. The van der Waals surface area contributed by atoms with E-state index >= 15 is 0 Å². The first-order valence-electron chi connectivity index (χ1n) is 5.91. The van der Waals surface area contributed by atoms with Gasteiger partial charge in [0.15, 0.2) is 0 Å². The summed E-state index contributed by atoms with van der Waals surface area (Å²) in [6.07, 6.45) is -3.87. The van der Waals surface area contributed by atoms with E-state index in [1.807, 2.05) is 6.07 Å². The van der Waals surface area contributed by atoms with Crippen molar-refractivity contribution < 1.29 is 26.3 Å². The van der Waals surface area contributed by atoms with Gasteiger partial charge in [-0.15, -0.1) is 13.2 Å². The first-order valence-corrected chi connectivity index (χ1v) is 7.56. The maximum absolute atomic E-state index is 12.0. The van der Waals surface area contributed by atoms with Gasteiger partial charge in [-0.3, -0.25) is 0 Å². The molecule has 0 unspecified atom stereocenters. The zero-order chi connectivity index (χ0) is 15.7. The number of rotatable bonds is 5. The van der Waals surface area contributed by atoms with Crippen molar-refractivity contribution >= 4 is 10.0 Å². The molecule has 5 nitrogen and oxygen atoms in total. The monoisotopic (exact) mass is 320 g/mol. The topological polar surface area (TPSA) is 79.2 Å². The Kier molecular flexibility index (Phi) is 3.86. The van der Waals surface area contributed by atoms with Gasteiger partial charge in [-0.05, 0) is 30.5 Å². The Morgan fingerprint density at radius 1 is 1.29 bits per heavy atom. The molecule has 9 heteroatoms. The third-order valence-corrected chi connectivity index (χ3v) is 4.24. The molecule has 21 heavy (non-hydrogen) atoms. The third-order valence-electron chi connectivity index (χ3n) is 2.83. The second-order valence-electron chi connectivity index (χ2n) is 4.75. The molecule has 114 valence electrons. The van der Waals surface area contributed by atoms with Crippen LogP contribution < -0.4 is 9.46 Å². The van der Waals surface area contributed by atoms with Gasteiger partial charge < -0.3 is 4.74 Å². The Morgan fingerprint density at radius 3 is 2.29 bits per heavy atom. The molecule has 0 amide bonds. The van der Waals surface area contributed by atoms with Crippen molar-refractivity contribution in [2.45, 2.75) is 30.5 Å². The lowest BCUT2D eigenvalue weighted by molar-refractivity contribution is -0.274. The van der Waals surface area contributed by atoms with Crippen LogP contribution in [-0.2, 0) is 15.8 Å². The predicted molar refractivity (Wildman–Crippen MR) is 66.5 cm³/mol. The van der Waals surface area contributed by atoms with Crippen molar-refractivity contribution in [2.75, 3.05) is 0 Å². The van der Waals surface area contributed by atoms with E-state index in [4.69, 9.17) is 5.26 Å². The predicted octanol–water partition coefficient (Wildman–Crippen LogP) is 2.06. The van der Waals surface area contributed by atoms with Crippen LogP contribution in [0.1, 0.15) is 18.4 Å². The second-order valence-corrected chi connectivity index (χ2v) is 6.47. The number of benzene rings is 1. The van der Waals surface area contributed by atoms with Crippen molar-refractivity contribution in [3.05, 3.63) is 29.8 Å². The van der Waals surface area contributed by atoms with Crippen LogP contribution in [0.3, 0.4) is 0 Å². The Labute approximate surface area is 119 Å². The molecule has 0 spiro atoms. The minimum atomic E-state index is -4.79. The minimum absolute atomic E-state index is 0.297. The van der Waals surface area contributed by atoms with Crippen LogP contribution in [0.15, 0.2) is 24.3 Å². The summed E-state index contributed by atoms with van der Waals surface area (Å²) in [6, 6.07) is 6.43. The highest BCUT2D eigenvalue weighted by Gasteiger charge is 2.46. The standard InChI is InChI=1S/C12H11F3N2O3S/c13-12(14,15)20-10-3-1-9(2-4-10)7-21(18,19)17-11(8-16)5-6-11/h1-4,17H,5-7H2. The lowest BCUT2D eigenvalue weighted by atomic mass is 10.2. The van der Waals surface area contributed by atoms with Crippen LogP contribution in [0.5, 0.6) is 5.75 Å². The number of alkyl halides is 3. The third kappa shape index (κ3) is 4.61. The molecular weight excluding hydrogens is 309 g/mol. The van der Waals surface area contributed by atoms with Gasteiger partial charge >= 0.3 is 6.36 Å². The zero-order valence-corrected chi connectivity index (χ0v) is 11.5. The largest absolute Gasteiger partial charge is 0.573 e. The first kappa shape index (κ1) is 15.6. The molecule has 0 radical (unpaired) electrons. The first-order chi connectivity index (χ1) is 9.63. The van der Waals surface area contributed by atoms with Crippen LogP contribution in [0.25, 0.3) is 0 Å². The van der Waals surface area contributed by atoms with Crippen LogP contribution in [-0.4, -0.2) is 20.3 Å². The average molecular weight is 320 g/mol. The highest BCUT2D eigenvalue weighted by atomic mass is 32.2. The van der Waals surface area contributed by atoms with Crippen molar-refractivity contribution in [3.63, 3.8) is 0 Å². The smallest absolute Gasteiger partial charge is 0.406 e. The molecule has 0 saturated heterocycles. The highest BCUT2D eigenvalue weighted by molar-refractivity contribution is 7.88. The van der Waals surface area contributed by atoms with Crippen molar-refractivity contribution in [2.24, 2.45) is 0 Å². The van der Waals surface area contributed by atoms with Gasteiger partial charge in [-0.25, -0.2) is 8.42 Å². The van der Waals surface area contributed by atoms with E-state index in [-0.39, 0.29) is 0 Å². The number of hydrogen-bond acceptors (Lipinski definition) is 4. The van der Waals surface area contributed by atoms with Crippen LogP contribution in [0.2, 0.25) is 0 Å². The zero-order valence-electron chi connectivity index (χ0n) is 10.6. The fourth-order valence-electron chi connectivity index (χ4n) is 1.70. The molecule has 2 rings (SSSR count). The molecule has 1 aromatic rings. The van der Waals surface area contributed by atoms with E-state index in [1.165, 1.54) is 12.1 Å². The molecule has 1 aliphatic rings. The highest BCUT2D eigenvalue weighted by Crippen LogP contribution is 2.35. The fraction of sp³-hybridized carbons (Fsp3) is 0.417. The van der Waals surface area contributed by atoms with Gasteiger partial charge in [0.2, 0.25) is 10.0 Å². The maximum Gasteiger partial charge on any atom is 0.573 e. The van der Waals surface area contributed by atoms with Crippen molar-refractivity contribution in [1.82, 2.24) is 4.72 Å². The molecule has 1 saturated carbocycles. The summed E-state index contributed by atoms with van der Waals surface area (Å²) in [5.41, 5.74) is -0.719. The number of nitriles is 1. The van der Waals surface area contributed by atoms with Crippen LogP contribution in [0, 0.1) is 11.3 Å². The number of nitrogens with zero attached hydrogens (tertiary/aromatic N) is 1. The van der Waals surface area contributed by atoms with Gasteiger partial charge in [0.05, 0.1) is 11.8 Å². The van der Waals surface area contributed by atoms with Crippen molar-refractivity contribution in [3.8, 4) is 11.8 Å². The van der Waals surface area contributed by atoms with Gasteiger partial charge in [0, 0.05) is 0 Å². The number of halogens is 3. The van der Waals surface area contributed by atoms with E-state index in [2.05, 4.69) is 9.46 Å². The van der Waals surface area contributed by atoms with Crippen molar-refractivity contribution in [1.29, 1.82) is 5.26 Å². The van der Waals surface area contributed by atoms with E-state index in [9.17, 15) is 21.6 Å². The summed E-state index contributed by atoms with van der Waals surface area (Å²) in [4.78, 5) is 0. The summed E-state index contributed by atoms with van der Waals surface area (Å²) in [5.74, 6) is -0.838. The molecule has 1 fully saturated rings. The molecular formula is C12H11F3N2O3S.